The lowest BCUT2D eigenvalue weighted by atomic mass is 10.2. The van der Waals surface area contributed by atoms with Crippen molar-refractivity contribution in [1.29, 1.82) is 0 Å². The molecule has 124 valence electrons. The van der Waals surface area contributed by atoms with Crippen molar-refractivity contribution in [3.63, 3.8) is 0 Å². The van der Waals surface area contributed by atoms with E-state index in [1.165, 1.54) is 31.6 Å². The zero-order chi connectivity index (χ0) is 17.0. The molecule has 0 spiro atoms. The second kappa shape index (κ2) is 6.76. The molecule has 1 aromatic carbocycles. The van der Waals surface area contributed by atoms with Crippen LogP contribution in [0, 0.1) is 0 Å². The Morgan fingerprint density at radius 2 is 1.52 bits per heavy atom. The number of methoxy groups -OCH3 is 1. The van der Waals surface area contributed by atoms with Crippen molar-refractivity contribution in [2.24, 2.45) is 0 Å². The van der Waals surface area contributed by atoms with Crippen LogP contribution in [0.5, 0.6) is 11.5 Å². The normalized spacial score (nSPS) is 13.0. The predicted octanol–water partition coefficient (Wildman–Crippen LogP) is 3.73. The van der Waals surface area contributed by atoms with Crippen LogP contribution in [-0.2, 0) is 0 Å². The van der Waals surface area contributed by atoms with Crippen molar-refractivity contribution in [2.45, 2.75) is 18.7 Å². The number of ether oxygens (including phenoxy) is 2. The van der Waals surface area contributed by atoms with Crippen LogP contribution >= 0.6 is 0 Å². The first-order valence-corrected chi connectivity index (χ1v) is 6.29. The van der Waals surface area contributed by atoms with Crippen LogP contribution in [0.4, 0.5) is 22.0 Å². The fourth-order valence-electron chi connectivity index (χ4n) is 1.60. The molecule has 1 unspecified atom stereocenters. The van der Waals surface area contributed by atoms with Gasteiger partial charge < -0.3 is 9.47 Å². The van der Waals surface area contributed by atoms with Crippen molar-refractivity contribution < 1.29 is 31.4 Å². The molecular weight excluding hydrogens is 323 g/mol. The van der Waals surface area contributed by atoms with Crippen LogP contribution in [-0.4, -0.2) is 35.8 Å². The van der Waals surface area contributed by atoms with Crippen LogP contribution in [0.3, 0.4) is 0 Å². The van der Waals surface area contributed by atoms with Gasteiger partial charge in [0.2, 0.25) is 0 Å². The highest BCUT2D eigenvalue weighted by Gasteiger charge is 2.49. The van der Waals surface area contributed by atoms with E-state index in [2.05, 4.69) is 14.7 Å². The SMILES string of the molecule is COc1cnc(-c2ccc(OC(F)(F)C(F)C(F)F)cc2)nc1. The number of halogens is 5. The van der Waals surface area contributed by atoms with E-state index in [0.717, 1.165) is 12.1 Å². The molecule has 23 heavy (non-hydrogen) atoms. The van der Waals surface area contributed by atoms with Gasteiger partial charge in [0.05, 0.1) is 19.5 Å². The maximum Gasteiger partial charge on any atom is 0.435 e. The molecule has 1 heterocycles. The molecule has 1 atom stereocenters. The van der Waals surface area contributed by atoms with Gasteiger partial charge in [0.25, 0.3) is 12.6 Å². The van der Waals surface area contributed by atoms with Crippen molar-refractivity contribution in [3.05, 3.63) is 36.7 Å². The highest BCUT2D eigenvalue weighted by atomic mass is 19.3. The first kappa shape index (κ1) is 16.9. The minimum atomic E-state index is -4.63. The number of hydrogen-bond acceptors (Lipinski definition) is 4. The summed E-state index contributed by atoms with van der Waals surface area (Å²) in [6, 6.07) is 4.83. The molecule has 0 fully saturated rings. The summed E-state index contributed by atoms with van der Waals surface area (Å²) in [5, 5.41) is 0. The van der Waals surface area contributed by atoms with Crippen molar-refractivity contribution >= 4 is 0 Å². The molecule has 0 amide bonds. The zero-order valence-electron chi connectivity index (χ0n) is 11.7. The third-order valence-corrected chi connectivity index (χ3v) is 2.77. The molecule has 2 rings (SSSR count). The van der Waals surface area contributed by atoms with E-state index in [0.29, 0.717) is 17.1 Å². The molecule has 4 nitrogen and oxygen atoms in total. The van der Waals surface area contributed by atoms with Gasteiger partial charge in [0.1, 0.15) is 5.75 Å². The third kappa shape index (κ3) is 4.05. The zero-order valence-corrected chi connectivity index (χ0v) is 11.7. The maximum atomic E-state index is 13.1. The molecule has 0 bridgehead atoms. The Bertz CT molecular complexity index is 635. The summed E-state index contributed by atoms with van der Waals surface area (Å²) in [4.78, 5) is 7.98. The summed E-state index contributed by atoms with van der Waals surface area (Å²) >= 11 is 0. The van der Waals surface area contributed by atoms with Crippen molar-refractivity contribution in [3.8, 4) is 22.9 Å². The van der Waals surface area contributed by atoms with Gasteiger partial charge in [-0.3, -0.25) is 0 Å². The van der Waals surface area contributed by atoms with Gasteiger partial charge in [0.15, 0.2) is 11.6 Å². The quantitative estimate of drug-likeness (QED) is 0.755. The number of aromatic nitrogens is 2. The number of benzene rings is 1. The molecule has 1 aromatic heterocycles. The summed E-state index contributed by atoms with van der Waals surface area (Å²) in [6.07, 6.45) is -9.37. The fraction of sp³-hybridized carbons (Fsp3) is 0.286. The second-order valence-corrected chi connectivity index (χ2v) is 4.37. The molecule has 0 aliphatic carbocycles. The van der Waals surface area contributed by atoms with Gasteiger partial charge in [0, 0.05) is 5.56 Å². The minimum absolute atomic E-state index is 0.292. The van der Waals surface area contributed by atoms with Gasteiger partial charge >= 0.3 is 6.11 Å². The van der Waals surface area contributed by atoms with E-state index < -0.39 is 24.5 Å². The topological polar surface area (TPSA) is 44.2 Å². The Kier molecular flexibility index (Phi) is 4.97. The number of nitrogens with zero attached hydrogens (tertiary/aromatic N) is 2. The molecule has 0 saturated heterocycles. The highest BCUT2D eigenvalue weighted by molar-refractivity contribution is 5.56. The van der Waals surface area contributed by atoms with Crippen LogP contribution in [0.2, 0.25) is 0 Å². The molecule has 9 heteroatoms. The maximum absolute atomic E-state index is 13.1. The van der Waals surface area contributed by atoms with E-state index in [1.54, 1.807) is 0 Å². The summed E-state index contributed by atoms with van der Waals surface area (Å²) in [5.74, 6) is 0.268. The van der Waals surface area contributed by atoms with Gasteiger partial charge in [-0.1, -0.05) is 0 Å². The summed E-state index contributed by atoms with van der Waals surface area (Å²) < 4.78 is 72.0. The second-order valence-electron chi connectivity index (χ2n) is 4.37. The van der Waals surface area contributed by atoms with Crippen LogP contribution in [0.1, 0.15) is 0 Å². The predicted molar refractivity (Wildman–Crippen MR) is 70.5 cm³/mol. The van der Waals surface area contributed by atoms with Crippen molar-refractivity contribution in [2.75, 3.05) is 7.11 Å². The van der Waals surface area contributed by atoms with E-state index in [9.17, 15) is 22.0 Å². The first-order valence-electron chi connectivity index (χ1n) is 6.29. The average Bonchev–Trinajstić information content (AvgIpc) is 2.54. The molecule has 0 N–H and O–H groups in total. The Hall–Kier alpha value is -2.45. The van der Waals surface area contributed by atoms with Gasteiger partial charge in [-0.2, -0.15) is 8.78 Å². The van der Waals surface area contributed by atoms with E-state index in [4.69, 9.17) is 4.74 Å². The molecule has 2 aromatic rings. The smallest absolute Gasteiger partial charge is 0.435 e. The summed E-state index contributed by atoms with van der Waals surface area (Å²) in [5.41, 5.74) is 0.467. The molecule has 0 aliphatic rings. The first-order chi connectivity index (χ1) is 10.8. The largest absolute Gasteiger partial charge is 0.494 e. The van der Waals surface area contributed by atoms with Gasteiger partial charge in [-0.05, 0) is 24.3 Å². The molecular formula is C14H11F5N2O2. The summed E-state index contributed by atoms with van der Waals surface area (Å²) in [6.45, 7) is 0. The lowest BCUT2D eigenvalue weighted by Gasteiger charge is -2.20. The van der Waals surface area contributed by atoms with Crippen LogP contribution < -0.4 is 9.47 Å². The van der Waals surface area contributed by atoms with Crippen molar-refractivity contribution in [1.82, 2.24) is 9.97 Å². The van der Waals surface area contributed by atoms with Crippen LogP contribution in [0.25, 0.3) is 11.4 Å². The Balaban J connectivity index is 2.12. The Labute approximate surface area is 127 Å². The number of hydrogen-bond donors (Lipinski definition) is 0. The monoisotopic (exact) mass is 334 g/mol. The Morgan fingerprint density at radius 3 is 2.00 bits per heavy atom. The highest BCUT2D eigenvalue weighted by Crippen LogP contribution is 2.30. The van der Waals surface area contributed by atoms with Gasteiger partial charge in [-0.25, -0.2) is 23.1 Å². The lowest BCUT2D eigenvalue weighted by Crippen LogP contribution is -2.40. The summed E-state index contributed by atoms with van der Waals surface area (Å²) in [7, 11) is 1.45. The average molecular weight is 334 g/mol. The lowest BCUT2D eigenvalue weighted by molar-refractivity contribution is -0.244. The fourth-order valence-corrected chi connectivity index (χ4v) is 1.60. The van der Waals surface area contributed by atoms with Gasteiger partial charge in [-0.15, -0.1) is 0 Å². The van der Waals surface area contributed by atoms with E-state index in [-0.39, 0.29) is 0 Å². The number of rotatable bonds is 6. The molecule has 0 aliphatic heterocycles. The molecule has 0 radical (unpaired) electrons. The minimum Gasteiger partial charge on any atom is -0.494 e. The number of alkyl halides is 5. The van der Waals surface area contributed by atoms with E-state index >= 15 is 0 Å². The van der Waals surface area contributed by atoms with E-state index in [1.807, 2.05) is 0 Å². The molecule has 0 saturated carbocycles. The standard InChI is InChI=1S/C14H11F5N2O2/c1-22-10-6-20-13(21-7-10)8-2-4-9(5-3-8)23-14(18,19)11(15)12(16)17/h2-7,11-12H,1H3. The third-order valence-electron chi connectivity index (χ3n) is 2.77. The van der Waals surface area contributed by atoms with Crippen LogP contribution in [0.15, 0.2) is 36.7 Å². The Morgan fingerprint density at radius 1 is 0.957 bits per heavy atom.